The Morgan fingerprint density at radius 1 is 1.19 bits per heavy atom. The predicted molar refractivity (Wildman–Crippen MR) is 98.9 cm³/mol. The number of allylic oxidation sites excluding steroid dienone is 1. The number of carbonyl (C=O) groups is 2. The number of anilines is 1. The molecule has 1 atom stereocenters. The monoisotopic (exact) mass is 358 g/mol. The lowest BCUT2D eigenvalue weighted by atomic mass is 10.2. The summed E-state index contributed by atoms with van der Waals surface area (Å²) < 4.78 is 5.28. The lowest BCUT2D eigenvalue weighted by Crippen LogP contribution is -2.51. The van der Waals surface area contributed by atoms with Crippen LogP contribution in [0.25, 0.3) is 0 Å². The van der Waals surface area contributed by atoms with E-state index in [1.54, 1.807) is 24.0 Å². The summed E-state index contributed by atoms with van der Waals surface area (Å²) in [5.41, 5.74) is 1.81. The summed E-state index contributed by atoms with van der Waals surface area (Å²) in [7, 11) is 0. The van der Waals surface area contributed by atoms with Gasteiger partial charge in [-0.05, 0) is 44.7 Å². The summed E-state index contributed by atoms with van der Waals surface area (Å²) in [5, 5.41) is 9.96. The van der Waals surface area contributed by atoms with Gasteiger partial charge in [0, 0.05) is 32.3 Å². The Morgan fingerprint density at radius 2 is 1.85 bits per heavy atom. The maximum atomic E-state index is 12.5. The van der Waals surface area contributed by atoms with Crippen LogP contribution in [-0.2, 0) is 14.3 Å². The third-order valence-electron chi connectivity index (χ3n) is 5.02. The lowest BCUT2D eigenvalue weighted by Gasteiger charge is -2.37. The van der Waals surface area contributed by atoms with E-state index in [0.29, 0.717) is 32.1 Å². The molecule has 1 N–H and O–H groups in total. The zero-order valence-corrected chi connectivity index (χ0v) is 15.4. The van der Waals surface area contributed by atoms with Gasteiger partial charge < -0.3 is 19.6 Å². The zero-order valence-electron chi connectivity index (χ0n) is 15.4. The van der Waals surface area contributed by atoms with Gasteiger partial charge in [-0.15, -0.1) is 0 Å². The number of hydrogen-bond acceptors (Lipinski definition) is 5. The lowest BCUT2D eigenvalue weighted by molar-refractivity contribution is -0.155. The molecule has 1 heterocycles. The van der Waals surface area contributed by atoms with Gasteiger partial charge in [0.15, 0.2) is 6.10 Å². The molecule has 2 aliphatic rings. The minimum absolute atomic E-state index is 0.173. The highest BCUT2D eigenvalue weighted by molar-refractivity contribution is 5.88. The van der Waals surface area contributed by atoms with E-state index in [2.05, 4.69) is 4.90 Å². The Labute approximate surface area is 154 Å². The third kappa shape index (κ3) is 4.36. The van der Waals surface area contributed by atoms with Gasteiger partial charge >= 0.3 is 5.97 Å². The van der Waals surface area contributed by atoms with Crippen molar-refractivity contribution in [1.29, 1.82) is 0 Å². The molecule has 140 valence electrons. The van der Waals surface area contributed by atoms with E-state index in [1.807, 2.05) is 19.1 Å². The van der Waals surface area contributed by atoms with Gasteiger partial charge in [0.1, 0.15) is 5.75 Å². The molecule has 1 saturated carbocycles. The van der Waals surface area contributed by atoms with Crippen molar-refractivity contribution in [2.75, 3.05) is 31.1 Å². The van der Waals surface area contributed by atoms with Crippen molar-refractivity contribution in [3.8, 4) is 5.75 Å². The Hall–Kier alpha value is -2.50. The SMILES string of the molecule is C/C(=C\C(=O)OC(C)C(=O)N1CCN(c2ccccc2O)CC1)C1CC1. The fraction of sp³-hybridized carbons (Fsp3) is 0.500. The summed E-state index contributed by atoms with van der Waals surface area (Å²) in [4.78, 5) is 28.3. The van der Waals surface area contributed by atoms with Gasteiger partial charge in [-0.3, -0.25) is 4.79 Å². The Balaban J connectivity index is 1.50. The van der Waals surface area contributed by atoms with Crippen LogP contribution in [0.5, 0.6) is 5.75 Å². The van der Waals surface area contributed by atoms with Crippen LogP contribution < -0.4 is 4.90 Å². The maximum absolute atomic E-state index is 12.5. The standard InChI is InChI=1S/C20H26N2O4/c1-14(16-7-8-16)13-19(24)26-15(2)20(25)22-11-9-21(10-12-22)17-5-3-4-6-18(17)23/h3-6,13,15-16,23H,7-12H2,1-2H3/b14-13+. The fourth-order valence-corrected chi connectivity index (χ4v) is 3.26. The van der Waals surface area contributed by atoms with Gasteiger partial charge in [0.05, 0.1) is 5.69 Å². The third-order valence-corrected chi connectivity index (χ3v) is 5.02. The average Bonchev–Trinajstić information content (AvgIpc) is 3.47. The molecule has 3 rings (SSSR count). The molecule has 1 aliphatic heterocycles. The number of carbonyl (C=O) groups excluding carboxylic acids is 2. The number of ether oxygens (including phenoxy) is 1. The van der Waals surface area contributed by atoms with E-state index in [1.165, 1.54) is 6.08 Å². The topological polar surface area (TPSA) is 70.1 Å². The summed E-state index contributed by atoms with van der Waals surface area (Å²) in [5.74, 6) is 0.138. The Kier molecular flexibility index (Phi) is 5.49. The predicted octanol–water partition coefficient (Wildman–Crippen LogP) is 2.33. The van der Waals surface area contributed by atoms with Crippen molar-refractivity contribution in [3.05, 3.63) is 35.9 Å². The van der Waals surface area contributed by atoms with Gasteiger partial charge in [-0.25, -0.2) is 4.79 Å². The first-order valence-electron chi connectivity index (χ1n) is 9.16. The molecular formula is C20H26N2O4. The molecule has 1 unspecified atom stereocenters. The van der Waals surface area contributed by atoms with Crippen molar-refractivity contribution in [3.63, 3.8) is 0 Å². The highest BCUT2D eigenvalue weighted by Gasteiger charge is 2.28. The molecule has 1 aromatic rings. The van der Waals surface area contributed by atoms with Crippen LogP contribution in [0.2, 0.25) is 0 Å². The second-order valence-corrected chi connectivity index (χ2v) is 7.04. The zero-order chi connectivity index (χ0) is 18.7. The second-order valence-electron chi connectivity index (χ2n) is 7.04. The van der Waals surface area contributed by atoms with Crippen LogP contribution >= 0.6 is 0 Å². The molecule has 0 aromatic heterocycles. The van der Waals surface area contributed by atoms with Crippen molar-refractivity contribution in [2.45, 2.75) is 32.8 Å². The second kappa shape index (κ2) is 7.81. The summed E-state index contributed by atoms with van der Waals surface area (Å²) >= 11 is 0. The van der Waals surface area contributed by atoms with Crippen LogP contribution in [0.4, 0.5) is 5.69 Å². The fourth-order valence-electron chi connectivity index (χ4n) is 3.26. The minimum Gasteiger partial charge on any atom is -0.506 e. The maximum Gasteiger partial charge on any atom is 0.331 e. The highest BCUT2D eigenvalue weighted by Crippen LogP contribution is 2.36. The number of hydrogen-bond donors (Lipinski definition) is 1. The summed E-state index contributed by atoms with van der Waals surface area (Å²) in [6.07, 6.45) is 2.98. The first kappa shape index (κ1) is 18.3. The molecule has 1 aliphatic carbocycles. The molecule has 0 spiro atoms. The smallest absolute Gasteiger partial charge is 0.331 e. The number of rotatable bonds is 5. The molecule has 0 bridgehead atoms. The molecule has 1 aromatic carbocycles. The molecule has 1 saturated heterocycles. The summed E-state index contributed by atoms with van der Waals surface area (Å²) in [6.45, 7) is 5.88. The highest BCUT2D eigenvalue weighted by atomic mass is 16.5. The number of esters is 1. The number of para-hydroxylation sites is 2. The van der Waals surface area contributed by atoms with Crippen molar-refractivity contribution in [1.82, 2.24) is 4.90 Å². The van der Waals surface area contributed by atoms with E-state index < -0.39 is 12.1 Å². The number of phenolic OH excluding ortho intramolecular Hbond substituents is 1. The average molecular weight is 358 g/mol. The first-order valence-corrected chi connectivity index (χ1v) is 9.16. The first-order chi connectivity index (χ1) is 12.5. The van der Waals surface area contributed by atoms with Crippen molar-refractivity contribution < 1.29 is 19.4 Å². The van der Waals surface area contributed by atoms with Crippen LogP contribution in [0.3, 0.4) is 0 Å². The number of aromatic hydroxyl groups is 1. The number of nitrogens with zero attached hydrogens (tertiary/aromatic N) is 2. The number of amides is 1. The molecule has 26 heavy (non-hydrogen) atoms. The number of phenols is 1. The Bertz CT molecular complexity index is 704. The minimum atomic E-state index is -0.789. The van der Waals surface area contributed by atoms with Crippen molar-refractivity contribution in [2.24, 2.45) is 5.92 Å². The largest absolute Gasteiger partial charge is 0.506 e. The molecule has 1 amide bonds. The number of piperazine rings is 1. The molecule has 0 radical (unpaired) electrons. The Morgan fingerprint density at radius 3 is 2.46 bits per heavy atom. The quantitative estimate of drug-likeness (QED) is 0.646. The molecule has 2 fully saturated rings. The van der Waals surface area contributed by atoms with Gasteiger partial charge in [0.25, 0.3) is 5.91 Å². The van der Waals surface area contributed by atoms with Crippen LogP contribution in [-0.4, -0.2) is 54.2 Å². The van der Waals surface area contributed by atoms with Gasteiger partial charge in [0.2, 0.25) is 0 Å². The van der Waals surface area contributed by atoms with Gasteiger partial charge in [-0.1, -0.05) is 17.7 Å². The molecule has 6 heteroatoms. The normalized spacial score (nSPS) is 19.2. The van der Waals surface area contributed by atoms with E-state index in [4.69, 9.17) is 4.74 Å². The van der Waals surface area contributed by atoms with E-state index in [-0.39, 0.29) is 11.7 Å². The summed E-state index contributed by atoms with van der Waals surface area (Å²) in [6, 6.07) is 7.19. The van der Waals surface area contributed by atoms with E-state index in [0.717, 1.165) is 24.1 Å². The number of benzene rings is 1. The van der Waals surface area contributed by atoms with Crippen LogP contribution in [0, 0.1) is 5.92 Å². The van der Waals surface area contributed by atoms with Crippen LogP contribution in [0.1, 0.15) is 26.7 Å². The molecular weight excluding hydrogens is 332 g/mol. The molecule has 6 nitrogen and oxygen atoms in total. The van der Waals surface area contributed by atoms with Gasteiger partial charge in [-0.2, -0.15) is 0 Å². The van der Waals surface area contributed by atoms with Crippen LogP contribution in [0.15, 0.2) is 35.9 Å². The van der Waals surface area contributed by atoms with E-state index in [9.17, 15) is 14.7 Å². The van der Waals surface area contributed by atoms with E-state index >= 15 is 0 Å². The van der Waals surface area contributed by atoms with Crippen molar-refractivity contribution >= 4 is 17.6 Å².